The number of hydrazine groups is 1. The van der Waals surface area contributed by atoms with Gasteiger partial charge >= 0.3 is 0 Å². The van der Waals surface area contributed by atoms with Crippen molar-refractivity contribution in [3.63, 3.8) is 0 Å². The molecule has 1 atom stereocenters. The Hall–Kier alpha value is -0.160. The molecule has 3 N–H and O–H groups in total. The molecule has 1 heterocycles. The third-order valence-electron chi connectivity index (χ3n) is 4.23. The molecule has 1 saturated heterocycles. The summed E-state index contributed by atoms with van der Waals surface area (Å²) in [6.07, 6.45) is 6.44. The molecule has 100 valence electrons. The molecule has 17 heavy (non-hydrogen) atoms. The molecule has 1 aliphatic carbocycles. The first kappa shape index (κ1) is 13.3. The average molecular weight is 242 g/mol. The van der Waals surface area contributed by atoms with E-state index in [0.717, 1.165) is 38.6 Å². The van der Waals surface area contributed by atoms with Gasteiger partial charge in [0.1, 0.15) is 0 Å². The van der Waals surface area contributed by atoms with Crippen LogP contribution in [-0.4, -0.2) is 32.0 Å². The van der Waals surface area contributed by atoms with Gasteiger partial charge in [0.2, 0.25) is 0 Å². The number of hydrogen-bond acceptors (Lipinski definition) is 4. The monoisotopic (exact) mass is 242 g/mol. The first-order valence-corrected chi connectivity index (χ1v) is 6.99. The number of nitrogens with one attached hydrogen (secondary N) is 1. The Morgan fingerprint density at radius 3 is 2.65 bits per heavy atom. The van der Waals surface area contributed by atoms with Crippen molar-refractivity contribution in [2.45, 2.75) is 51.2 Å². The zero-order valence-corrected chi connectivity index (χ0v) is 10.9. The number of rotatable bonds is 6. The zero-order chi connectivity index (χ0) is 12.1. The molecule has 0 spiro atoms. The Morgan fingerprint density at radius 2 is 2.06 bits per heavy atom. The fourth-order valence-electron chi connectivity index (χ4n) is 3.11. The molecule has 2 rings (SSSR count). The lowest BCUT2D eigenvalue weighted by molar-refractivity contribution is -0.0336. The van der Waals surface area contributed by atoms with Gasteiger partial charge in [-0.3, -0.25) is 11.3 Å². The van der Waals surface area contributed by atoms with E-state index >= 15 is 0 Å². The highest BCUT2D eigenvalue weighted by molar-refractivity contribution is 4.86. The second-order valence-electron chi connectivity index (χ2n) is 5.37. The smallest absolute Gasteiger partial charge is 0.0580 e. The lowest BCUT2D eigenvalue weighted by Gasteiger charge is -2.39. The van der Waals surface area contributed by atoms with Crippen LogP contribution in [0.3, 0.4) is 0 Å². The molecule has 1 saturated carbocycles. The molecule has 0 bridgehead atoms. The summed E-state index contributed by atoms with van der Waals surface area (Å²) in [5, 5.41) is 0. The quantitative estimate of drug-likeness (QED) is 0.547. The van der Waals surface area contributed by atoms with E-state index < -0.39 is 0 Å². The van der Waals surface area contributed by atoms with Gasteiger partial charge in [0.15, 0.2) is 0 Å². The summed E-state index contributed by atoms with van der Waals surface area (Å²) in [6, 6.07) is 0.464. The van der Waals surface area contributed by atoms with E-state index in [1.165, 1.54) is 19.3 Å². The van der Waals surface area contributed by atoms with Gasteiger partial charge < -0.3 is 9.47 Å². The van der Waals surface area contributed by atoms with E-state index in [-0.39, 0.29) is 0 Å². The van der Waals surface area contributed by atoms with Gasteiger partial charge in [-0.15, -0.1) is 0 Å². The highest BCUT2D eigenvalue weighted by Gasteiger charge is 2.33. The summed E-state index contributed by atoms with van der Waals surface area (Å²) < 4.78 is 11.0. The Balaban J connectivity index is 1.69. The standard InChI is InChI=1S/C13H26N2O2/c1-2-17-12-7-10(8-12)9-13(15-14)11-3-5-16-6-4-11/h10-13,15H,2-9,14H2,1H3. The SMILES string of the molecule is CCOC1CC(CC(NN)C2CCOCC2)C1. The number of ether oxygens (including phenoxy) is 2. The fraction of sp³-hybridized carbons (Fsp3) is 1.00. The Morgan fingerprint density at radius 1 is 1.35 bits per heavy atom. The molecule has 0 aromatic rings. The van der Waals surface area contributed by atoms with Gasteiger partial charge in [-0.05, 0) is 50.9 Å². The summed E-state index contributed by atoms with van der Waals surface area (Å²) in [7, 11) is 0. The predicted molar refractivity (Wildman–Crippen MR) is 67.4 cm³/mol. The van der Waals surface area contributed by atoms with Crippen molar-refractivity contribution in [2.24, 2.45) is 17.7 Å². The van der Waals surface area contributed by atoms with Crippen LogP contribution in [0, 0.1) is 11.8 Å². The van der Waals surface area contributed by atoms with E-state index in [4.69, 9.17) is 15.3 Å². The van der Waals surface area contributed by atoms with Crippen LogP contribution in [0.2, 0.25) is 0 Å². The molecule has 1 aliphatic heterocycles. The van der Waals surface area contributed by atoms with Crippen molar-refractivity contribution >= 4 is 0 Å². The van der Waals surface area contributed by atoms with Crippen LogP contribution in [-0.2, 0) is 9.47 Å². The van der Waals surface area contributed by atoms with Gasteiger partial charge in [-0.25, -0.2) is 0 Å². The highest BCUT2D eigenvalue weighted by Crippen LogP contribution is 2.35. The van der Waals surface area contributed by atoms with Crippen LogP contribution in [0.15, 0.2) is 0 Å². The summed E-state index contributed by atoms with van der Waals surface area (Å²) in [6.45, 7) is 4.71. The van der Waals surface area contributed by atoms with E-state index in [1.807, 2.05) is 0 Å². The third-order valence-corrected chi connectivity index (χ3v) is 4.23. The van der Waals surface area contributed by atoms with Crippen molar-refractivity contribution in [1.29, 1.82) is 0 Å². The van der Waals surface area contributed by atoms with Crippen molar-refractivity contribution in [3.8, 4) is 0 Å². The van der Waals surface area contributed by atoms with Gasteiger partial charge in [0.25, 0.3) is 0 Å². The second kappa shape index (κ2) is 6.69. The number of nitrogens with two attached hydrogens (primary N) is 1. The van der Waals surface area contributed by atoms with Crippen LogP contribution < -0.4 is 11.3 Å². The summed E-state index contributed by atoms with van der Waals surface area (Å²) in [4.78, 5) is 0. The van der Waals surface area contributed by atoms with E-state index in [0.29, 0.717) is 18.1 Å². The maximum atomic E-state index is 5.70. The Bertz CT molecular complexity index is 213. The molecule has 4 nitrogen and oxygen atoms in total. The van der Waals surface area contributed by atoms with E-state index in [2.05, 4.69) is 12.3 Å². The first-order chi connectivity index (χ1) is 8.33. The van der Waals surface area contributed by atoms with Crippen LogP contribution >= 0.6 is 0 Å². The van der Waals surface area contributed by atoms with Crippen LogP contribution in [0.5, 0.6) is 0 Å². The molecular formula is C13H26N2O2. The third kappa shape index (κ3) is 3.65. The fourth-order valence-corrected chi connectivity index (χ4v) is 3.11. The maximum Gasteiger partial charge on any atom is 0.0580 e. The maximum absolute atomic E-state index is 5.70. The summed E-state index contributed by atoms with van der Waals surface area (Å²) in [5.41, 5.74) is 3.02. The molecule has 0 aromatic carbocycles. The van der Waals surface area contributed by atoms with Gasteiger partial charge in [0.05, 0.1) is 6.10 Å². The molecule has 0 amide bonds. The minimum Gasteiger partial charge on any atom is -0.381 e. The van der Waals surface area contributed by atoms with Crippen LogP contribution in [0.1, 0.15) is 39.0 Å². The minimum absolute atomic E-state index is 0.464. The van der Waals surface area contributed by atoms with E-state index in [1.54, 1.807) is 0 Å². The zero-order valence-electron chi connectivity index (χ0n) is 10.9. The van der Waals surface area contributed by atoms with Crippen molar-refractivity contribution in [2.75, 3.05) is 19.8 Å². The van der Waals surface area contributed by atoms with Crippen molar-refractivity contribution < 1.29 is 9.47 Å². The minimum atomic E-state index is 0.464. The van der Waals surface area contributed by atoms with Crippen molar-refractivity contribution in [3.05, 3.63) is 0 Å². The van der Waals surface area contributed by atoms with Crippen LogP contribution in [0.4, 0.5) is 0 Å². The lowest BCUT2D eigenvalue weighted by Crippen LogP contribution is -2.46. The van der Waals surface area contributed by atoms with Gasteiger partial charge in [0, 0.05) is 25.9 Å². The first-order valence-electron chi connectivity index (χ1n) is 6.99. The highest BCUT2D eigenvalue weighted by atomic mass is 16.5. The molecular weight excluding hydrogens is 216 g/mol. The molecule has 2 fully saturated rings. The normalized spacial score (nSPS) is 32.1. The van der Waals surface area contributed by atoms with Crippen LogP contribution in [0.25, 0.3) is 0 Å². The predicted octanol–water partition coefficient (Wildman–Crippen LogP) is 1.45. The molecule has 1 unspecified atom stereocenters. The summed E-state index contributed by atoms with van der Waals surface area (Å²) >= 11 is 0. The second-order valence-corrected chi connectivity index (χ2v) is 5.37. The van der Waals surface area contributed by atoms with Gasteiger partial charge in [-0.1, -0.05) is 0 Å². The van der Waals surface area contributed by atoms with Crippen molar-refractivity contribution in [1.82, 2.24) is 5.43 Å². The molecule has 0 aromatic heterocycles. The largest absolute Gasteiger partial charge is 0.381 e. The Labute approximate surface area is 104 Å². The molecule has 0 radical (unpaired) electrons. The molecule has 2 aliphatic rings. The number of hydrogen-bond donors (Lipinski definition) is 2. The molecule has 4 heteroatoms. The van der Waals surface area contributed by atoms with E-state index in [9.17, 15) is 0 Å². The lowest BCUT2D eigenvalue weighted by atomic mass is 9.75. The Kier molecular flexibility index (Phi) is 5.22. The topological polar surface area (TPSA) is 56.5 Å². The summed E-state index contributed by atoms with van der Waals surface area (Å²) in [5.74, 6) is 7.20. The van der Waals surface area contributed by atoms with Gasteiger partial charge in [-0.2, -0.15) is 0 Å². The average Bonchev–Trinajstić information content (AvgIpc) is 2.33.